The summed E-state index contributed by atoms with van der Waals surface area (Å²) in [5, 5.41) is 3.88. The minimum Gasteiger partial charge on any atom is -0.461 e. The van der Waals surface area contributed by atoms with E-state index in [4.69, 9.17) is 18.7 Å². The van der Waals surface area contributed by atoms with Crippen LogP contribution in [0.15, 0.2) is 4.52 Å². The third-order valence-corrected chi connectivity index (χ3v) is 4.30. The average Bonchev–Trinajstić information content (AvgIpc) is 2.88. The fourth-order valence-electron chi connectivity index (χ4n) is 2.84. The van der Waals surface area contributed by atoms with Crippen molar-refractivity contribution in [3.63, 3.8) is 0 Å². The van der Waals surface area contributed by atoms with Gasteiger partial charge in [0.25, 0.3) is 0 Å². The molecule has 0 aromatic carbocycles. The fourth-order valence-corrected chi connectivity index (χ4v) is 2.84. The van der Waals surface area contributed by atoms with Crippen LogP contribution in [0.4, 0.5) is 0 Å². The third-order valence-electron chi connectivity index (χ3n) is 4.30. The summed E-state index contributed by atoms with van der Waals surface area (Å²) in [7, 11) is 1.71. The molecule has 3 atom stereocenters. The molecule has 0 N–H and O–H groups in total. The molecule has 0 bridgehead atoms. The van der Waals surface area contributed by atoms with E-state index in [1.165, 1.54) is 0 Å². The van der Waals surface area contributed by atoms with Crippen LogP contribution in [0.2, 0.25) is 0 Å². The number of ether oxygens (including phenoxy) is 3. The normalized spacial score (nSPS) is 25.4. The van der Waals surface area contributed by atoms with Gasteiger partial charge in [0.05, 0.1) is 18.8 Å². The molecular formula is C17H27NO5. The Kier molecular flexibility index (Phi) is 5.47. The number of esters is 1. The van der Waals surface area contributed by atoms with Crippen LogP contribution in [-0.4, -0.2) is 37.1 Å². The van der Waals surface area contributed by atoms with Crippen molar-refractivity contribution in [1.82, 2.24) is 5.16 Å². The zero-order chi connectivity index (χ0) is 17.2. The van der Waals surface area contributed by atoms with Crippen LogP contribution in [0.1, 0.15) is 68.5 Å². The molecule has 0 spiro atoms. The summed E-state index contributed by atoms with van der Waals surface area (Å²) in [5.41, 5.74) is 0.892. The molecule has 0 radical (unpaired) electrons. The molecule has 0 saturated carbocycles. The van der Waals surface area contributed by atoms with Gasteiger partial charge in [0, 0.05) is 25.5 Å². The van der Waals surface area contributed by atoms with Gasteiger partial charge >= 0.3 is 5.97 Å². The van der Waals surface area contributed by atoms with Crippen LogP contribution < -0.4 is 0 Å². The molecule has 23 heavy (non-hydrogen) atoms. The van der Waals surface area contributed by atoms with Crippen LogP contribution in [-0.2, 0) is 14.2 Å². The maximum absolute atomic E-state index is 11.9. The second-order valence-corrected chi connectivity index (χ2v) is 7.05. The maximum Gasteiger partial charge on any atom is 0.360 e. The van der Waals surface area contributed by atoms with Crippen LogP contribution in [0, 0.1) is 12.3 Å². The molecule has 130 valence electrons. The molecule has 1 saturated heterocycles. The smallest absolute Gasteiger partial charge is 0.360 e. The topological polar surface area (TPSA) is 70.8 Å². The standard InChI is InChI=1S/C17H27NO5/c1-7-21-16(19)14-10(2)15(23-18-14)12-8-11(20-6)9-13(22-12)17(3,4)5/h11-13H,7-9H2,1-6H3/t11-,12-,13-/m1/s1. The number of methoxy groups -OCH3 is 1. The molecule has 1 aliphatic heterocycles. The van der Waals surface area contributed by atoms with Crippen molar-refractivity contribution >= 4 is 5.97 Å². The number of hydrogen-bond donors (Lipinski definition) is 0. The van der Waals surface area contributed by atoms with Gasteiger partial charge in [-0.05, 0) is 19.3 Å². The van der Waals surface area contributed by atoms with E-state index in [9.17, 15) is 4.79 Å². The Balaban J connectivity index is 2.24. The summed E-state index contributed by atoms with van der Waals surface area (Å²) >= 11 is 0. The molecule has 1 aliphatic rings. The predicted octanol–water partition coefficient (Wildman–Crippen LogP) is 3.44. The Hall–Kier alpha value is -1.40. The number of nitrogens with zero attached hydrogens (tertiary/aromatic N) is 1. The van der Waals surface area contributed by atoms with E-state index in [2.05, 4.69) is 25.9 Å². The minimum atomic E-state index is -0.466. The minimum absolute atomic E-state index is 0.00660. The van der Waals surface area contributed by atoms with Crippen molar-refractivity contribution in [2.75, 3.05) is 13.7 Å². The Morgan fingerprint density at radius 1 is 1.35 bits per heavy atom. The van der Waals surface area contributed by atoms with Gasteiger partial charge < -0.3 is 18.7 Å². The summed E-state index contributed by atoms with van der Waals surface area (Å²) in [5.74, 6) is 0.121. The first-order valence-corrected chi connectivity index (χ1v) is 8.09. The first-order chi connectivity index (χ1) is 10.8. The molecular weight excluding hydrogens is 298 g/mol. The van der Waals surface area contributed by atoms with Crippen LogP contribution >= 0.6 is 0 Å². The lowest BCUT2D eigenvalue weighted by Crippen LogP contribution is -2.40. The monoisotopic (exact) mass is 325 g/mol. The van der Waals surface area contributed by atoms with Crippen molar-refractivity contribution in [1.29, 1.82) is 0 Å². The Bertz CT molecular complexity index is 546. The summed E-state index contributed by atoms with van der Waals surface area (Å²) in [6.45, 7) is 10.3. The summed E-state index contributed by atoms with van der Waals surface area (Å²) in [6, 6.07) is 0. The van der Waals surface area contributed by atoms with Crippen LogP contribution in [0.25, 0.3) is 0 Å². The summed E-state index contributed by atoms with van der Waals surface area (Å²) in [4.78, 5) is 11.9. The van der Waals surface area contributed by atoms with Gasteiger partial charge in [0.2, 0.25) is 0 Å². The van der Waals surface area contributed by atoms with E-state index in [1.54, 1.807) is 14.0 Å². The molecule has 0 unspecified atom stereocenters. The van der Waals surface area contributed by atoms with Crippen LogP contribution in [0.3, 0.4) is 0 Å². The quantitative estimate of drug-likeness (QED) is 0.790. The molecule has 1 fully saturated rings. The zero-order valence-electron chi connectivity index (χ0n) is 14.8. The third kappa shape index (κ3) is 3.93. The molecule has 1 aromatic heterocycles. The van der Waals surface area contributed by atoms with E-state index < -0.39 is 5.97 Å². The maximum atomic E-state index is 11.9. The summed E-state index contributed by atoms with van der Waals surface area (Å²) < 4.78 is 22.2. The Morgan fingerprint density at radius 2 is 2.04 bits per heavy atom. The van der Waals surface area contributed by atoms with Gasteiger partial charge in [-0.25, -0.2) is 4.79 Å². The van der Waals surface area contributed by atoms with Crippen molar-refractivity contribution in [2.45, 2.75) is 65.8 Å². The van der Waals surface area contributed by atoms with Gasteiger partial charge in [0.1, 0.15) is 6.10 Å². The molecule has 0 aliphatic carbocycles. The highest BCUT2D eigenvalue weighted by Gasteiger charge is 2.39. The molecule has 2 rings (SSSR count). The van der Waals surface area contributed by atoms with Gasteiger partial charge in [-0.2, -0.15) is 0 Å². The number of aromatic nitrogens is 1. The lowest BCUT2D eigenvalue weighted by molar-refractivity contribution is -0.150. The van der Waals surface area contributed by atoms with Gasteiger partial charge in [-0.15, -0.1) is 0 Å². The highest BCUT2D eigenvalue weighted by molar-refractivity contribution is 5.88. The van der Waals surface area contributed by atoms with Gasteiger partial charge in [-0.3, -0.25) is 0 Å². The van der Waals surface area contributed by atoms with Gasteiger partial charge in [-0.1, -0.05) is 25.9 Å². The zero-order valence-corrected chi connectivity index (χ0v) is 14.8. The molecule has 2 heterocycles. The van der Waals surface area contributed by atoms with Gasteiger partial charge in [0.15, 0.2) is 11.5 Å². The van der Waals surface area contributed by atoms with E-state index in [0.717, 1.165) is 6.42 Å². The average molecular weight is 325 g/mol. The van der Waals surface area contributed by atoms with Crippen molar-refractivity contribution in [2.24, 2.45) is 5.41 Å². The number of carbonyl (C=O) groups excluding carboxylic acids is 1. The lowest BCUT2D eigenvalue weighted by Gasteiger charge is -2.40. The first-order valence-electron chi connectivity index (χ1n) is 8.09. The summed E-state index contributed by atoms with van der Waals surface area (Å²) in [6.07, 6.45) is 1.39. The second kappa shape index (κ2) is 7.01. The Labute approximate surface area is 137 Å². The molecule has 6 heteroatoms. The highest BCUT2D eigenvalue weighted by atomic mass is 16.5. The molecule has 0 amide bonds. The second-order valence-electron chi connectivity index (χ2n) is 7.05. The Morgan fingerprint density at radius 3 is 2.61 bits per heavy atom. The van der Waals surface area contributed by atoms with E-state index in [-0.39, 0.29) is 29.4 Å². The van der Waals surface area contributed by atoms with E-state index >= 15 is 0 Å². The van der Waals surface area contributed by atoms with Crippen molar-refractivity contribution in [3.05, 3.63) is 17.0 Å². The van der Waals surface area contributed by atoms with E-state index in [1.807, 2.05) is 6.92 Å². The van der Waals surface area contributed by atoms with E-state index in [0.29, 0.717) is 24.4 Å². The van der Waals surface area contributed by atoms with Crippen molar-refractivity contribution in [3.8, 4) is 0 Å². The van der Waals surface area contributed by atoms with Crippen molar-refractivity contribution < 1.29 is 23.5 Å². The largest absolute Gasteiger partial charge is 0.461 e. The van der Waals surface area contributed by atoms with Crippen LogP contribution in [0.5, 0.6) is 0 Å². The number of carbonyl (C=O) groups is 1. The first kappa shape index (κ1) is 17.9. The SMILES string of the molecule is CCOC(=O)c1noc([C@H]2C[C@@H](OC)C[C@H](C(C)(C)C)O2)c1C. The number of hydrogen-bond acceptors (Lipinski definition) is 6. The molecule has 6 nitrogen and oxygen atoms in total. The highest BCUT2D eigenvalue weighted by Crippen LogP contribution is 2.40. The lowest BCUT2D eigenvalue weighted by atomic mass is 9.82. The fraction of sp³-hybridized carbons (Fsp3) is 0.765. The molecule has 1 aromatic rings. The predicted molar refractivity (Wildman–Crippen MR) is 84.3 cm³/mol. The number of rotatable bonds is 4.